The van der Waals surface area contributed by atoms with Gasteiger partial charge >= 0.3 is 0 Å². The second kappa shape index (κ2) is 4.62. The number of piperidine rings is 1. The Morgan fingerprint density at radius 2 is 2.07 bits per heavy atom. The third kappa shape index (κ3) is 2.58. The number of aldehydes is 1. The van der Waals surface area contributed by atoms with Crippen molar-refractivity contribution in [1.82, 2.24) is 4.90 Å². The highest BCUT2D eigenvalue weighted by Crippen LogP contribution is 2.33. The van der Waals surface area contributed by atoms with Gasteiger partial charge in [0.15, 0.2) is 6.29 Å². The molecule has 0 aromatic heterocycles. The minimum atomic E-state index is -0.457. The van der Waals surface area contributed by atoms with Crippen LogP contribution in [0.5, 0.6) is 0 Å². The molecule has 2 aliphatic rings. The van der Waals surface area contributed by atoms with E-state index in [0.29, 0.717) is 6.61 Å². The van der Waals surface area contributed by atoms with E-state index in [-0.39, 0.29) is 0 Å². The summed E-state index contributed by atoms with van der Waals surface area (Å²) in [7, 11) is 0. The van der Waals surface area contributed by atoms with Gasteiger partial charge in [0.25, 0.3) is 0 Å². The maximum Gasteiger partial charge on any atom is 0.151 e. The van der Waals surface area contributed by atoms with Crippen molar-refractivity contribution in [2.45, 2.75) is 50.7 Å². The molecule has 1 saturated carbocycles. The summed E-state index contributed by atoms with van der Waals surface area (Å²) < 4.78 is 5.72. The van der Waals surface area contributed by atoms with Crippen LogP contribution in [0.25, 0.3) is 0 Å². The third-order valence-electron chi connectivity index (χ3n) is 3.52. The highest BCUT2D eigenvalue weighted by Gasteiger charge is 2.39. The fourth-order valence-electron chi connectivity index (χ4n) is 2.31. The number of hydrogen-bond acceptors (Lipinski definition) is 3. The molecule has 0 N–H and O–H groups in total. The van der Waals surface area contributed by atoms with Gasteiger partial charge in [-0.05, 0) is 32.1 Å². The van der Waals surface area contributed by atoms with Crippen molar-refractivity contribution in [1.29, 1.82) is 0 Å². The van der Waals surface area contributed by atoms with Crippen LogP contribution >= 0.6 is 0 Å². The van der Waals surface area contributed by atoms with Crippen LogP contribution in [0.1, 0.15) is 39.0 Å². The van der Waals surface area contributed by atoms with Crippen LogP contribution in [0.3, 0.4) is 0 Å². The minimum Gasteiger partial charge on any atom is -0.367 e. The molecule has 1 aliphatic carbocycles. The number of nitrogens with zero attached hydrogens (tertiary/aromatic N) is 1. The molecule has 0 aromatic rings. The number of ether oxygens (including phenoxy) is 1. The monoisotopic (exact) mass is 211 g/mol. The first-order valence-electron chi connectivity index (χ1n) is 6.14. The Kier molecular flexibility index (Phi) is 3.42. The van der Waals surface area contributed by atoms with Gasteiger partial charge in [-0.25, -0.2) is 0 Å². The summed E-state index contributed by atoms with van der Waals surface area (Å²) in [4.78, 5) is 13.6. The Hall–Kier alpha value is -0.410. The fraction of sp³-hybridized carbons (Fsp3) is 0.917. The van der Waals surface area contributed by atoms with Crippen molar-refractivity contribution >= 4 is 6.29 Å². The van der Waals surface area contributed by atoms with Crippen molar-refractivity contribution in [2.75, 3.05) is 19.7 Å². The molecule has 0 spiro atoms. The number of hydrogen-bond donors (Lipinski definition) is 0. The van der Waals surface area contributed by atoms with Gasteiger partial charge in [0.2, 0.25) is 0 Å². The highest BCUT2D eigenvalue weighted by atomic mass is 16.5. The number of likely N-dealkylation sites (tertiary alicyclic amines) is 1. The van der Waals surface area contributed by atoms with Gasteiger partial charge in [0.1, 0.15) is 5.60 Å². The average Bonchev–Trinajstić information content (AvgIpc) is 3.11. The second-order valence-electron chi connectivity index (χ2n) is 4.80. The Morgan fingerprint density at radius 1 is 1.40 bits per heavy atom. The van der Waals surface area contributed by atoms with Crippen molar-refractivity contribution in [3.05, 3.63) is 0 Å². The van der Waals surface area contributed by atoms with Gasteiger partial charge in [-0.3, -0.25) is 0 Å². The largest absolute Gasteiger partial charge is 0.367 e. The summed E-state index contributed by atoms with van der Waals surface area (Å²) in [6.45, 7) is 4.86. The first kappa shape index (κ1) is 11.1. The molecule has 3 nitrogen and oxygen atoms in total. The van der Waals surface area contributed by atoms with Gasteiger partial charge in [0, 0.05) is 25.7 Å². The summed E-state index contributed by atoms with van der Waals surface area (Å²) >= 11 is 0. The number of carbonyl (C=O) groups excluding carboxylic acids is 1. The standard InChI is InChI=1S/C12H21NO2/c1-2-9-15-12(10-14)5-7-13(8-6-12)11-3-4-11/h10-11H,2-9H2,1H3. The zero-order valence-electron chi connectivity index (χ0n) is 9.58. The van der Waals surface area contributed by atoms with E-state index >= 15 is 0 Å². The molecule has 2 fully saturated rings. The molecular weight excluding hydrogens is 190 g/mol. The number of rotatable bonds is 5. The lowest BCUT2D eigenvalue weighted by atomic mass is 9.92. The van der Waals surface area contributed by atoms with E-state index in [1.807, 2.05) is 0 Å². The van der Waals surface area contributed by atoms with E-state index in [9.17, 15) is 4.79 Å². The van der Waals surface area contributed by atoms with Crippen molar-refractivity contribution < 1.29 is 9.53 Å². The Bertz CT molecular complexity index is 218. The van der Waals surface area contributed by atoms with Crippen molar-refractivity contribution in [2.24, 2.45) is 0 Å². The first-order valence-corrected chi connectivity index (χ1v) is 6.14. The van der Waals surface area contributed by atoms with Crippen molar-refractivity contribution in [3.63, 3.8) is 0 Å². The normalized spacial score (nSPS) is 26.5. The molecule has 15 heavy (non-hydrogen) atoms. The van der Waals surface area contributed by atoms with E-state index < -0.39 is 5.60 Å². The van der Waals surface area contributed by atoms with Gasteiger partial charge in [-0.2, -0.15) is 0 Å². The summed E-state index contributed by atoms with van der Waals surface area (Å²) in [6.07, 6.45) is 6.49. The van der Waals surface area contributed by atoms with E-state index in [4.69, 9.17) is 4.74 Å². The molecule has 1 aliphatic heterocycles. The van der Waals surface area contributed by atoms with Crippen LogP contribution in [-0.4, -0.2) is 42.5 Å². The second-order valence-corrected chi connectivity index (χ2v) is 4.80. The summed E-state index contributed by atoms with van der Waals surface area (Å²) in [5, 5.41) is 0. The molecule has 0 amide bonds. The maximum atomic E-state index is 11.1. The summed E-state index contributed by atoms with van der Waals surface area (Å²) in [5.41, 5.74) is -0.457. The van der Waals surface area contributed by atoms with E-state index in [1.165, 1.54) is 12.8 Å². The van der Waals surface area contributed by atoms with Crippen LogP contribution in [0.4, 0.5) is 0 Å². The topological polar surface area (TPSA) is 29.5 Å². The van der Waals surface area contributed by atoms with Gasteiger partial charge < -0.3 is 14.4 Å². The lowest BCUT2D eigenvalue weighted by Gasteiger charge is -2.38. The Morgan fingerprint density at radius 3 is 2.53 bits per heavy atom. The van der Waals surface area contributed by atoms with Crippen LogP contribution < -0.4 is 0 Å². The van der Waals surface area contributed by atoms with Crippen molar-refractivity contribution in [3.8, 4) is 0 Å². The molecular formula is C12H21NO2. The molecule has 0 radical (unpaired) electrons. The maximum absolute atomic E-state index is 11.1. The molecule has 1 saturated heterocycles. The molecule has 0 unspecified atom stereocenters. The lowest BCUT2D eigenvalue weighted by Crippen LogP contribution is -2.48. The molecule has 2 rings (SSSR count). The zero-order chi connectivity index (χ0) is 10.7. The molecule has 1 heterocycles. The van der Waals surface area contributed by atoms with E-state index in [0.717, 1.165) is 44.7 Å². The van der Waals surface area contributed by atoms with Crippen LogP contribution in [0.2, 0.25) is 0 Å². The van der Waals surface area contributed by atoms with Gasteiger partial charge in [-0.1, -0.05) is 6.92 Å². The number of carbonyl (C=O) groups is 1. The zero-order valence-corrected chi connectivity index (χ0v) is 9.58. The van der Waals surface area contributed by atoms with Crippen LogP contribution in [0, 0.1) is 0 Å². The summed E-state index contributed by atoms with van der Waals surface area (Å²) in [6, 6.07) is 0.820. The molecule has 0 aromatic carbocycles. The van der Waals surface area contributed by atoms with E-state index in [1.54, 1.807) is 0 Å². The molecule has 3 heteroatoms. The average molecular weight is 211 g/mol. The minimum absolute atomic E-state index is 0.457. The van der Waals surface area contributed by atoms with Gasteiger partial charge in [0.05, 0.1) is 0 Å². The highest BCUT2D eigenvalue weighted by molar-refractivity contribution is 5.62. The molecule has 0 bridgehead atoms. The first-order chi connectivity index (χ1) is 7.29. The summed E-state index contributed by atoms with van der Waals surface area (Å²) in [5.74, 6) is 0. The quantitative estimate of drug-likeness (QED) is 0.647. The Labute approximate surface area is 91.8 Å². The lowest BCUT2D eigenvalue weighted by molar-refractivity contribution is -0.138. The smallest absolute Gasteiger partial charge is 0.151 e. The fourth-order valence-corrected chi connectivity index (χ4v) is 2.31. The molecule has 86 valence electrons. The van der Waals surface area contributed by atoms with Gasteiger partial charge in [-0.15, -0.1) is 0 Å². The van der Waals surface area contributed by atoms with Crippen LogP contribution in [0.15, 0.2) is 0 Å². The predicted octanol–water partition coefficient (Wildman–Crippen LogP) is 1.61. The van der Waals surface area contributed by atoms with E-state index in [2.05, 4.69) is 11.8 Å². The predicted molar refractivity (Wildman–Crippen MR) is 58.9 cm³/mol. The SMILES string of the molecule is CCCOC1(C=O)CCN(C2CC2)CC1. The van der Waals surface area contributed by atoms with Crippen LogP contribution in [-0.2, 0) is 9.53 Å². The Balaban J connectivity index is 1.84. The molecule has 0 atom stereocenters. The third-order valence-corrected chi connectivity index (χ3v) is 3.52.